The molecule has 1 saturated carbocycles. The molecule has 6 heteroatoms. The van der Waals surface area contributed by atoms with E-state index in [0.29, 0.717) is 17.6 Å². The highest BCUT2D eigenvalue weighted by Gasteiger charge is 2.30. The summed E-state index contributed by atoms with van der Waals surface area (Å²) in [5.74, 6) is 1.08. The zero-order chi connectivity index (χ0) is 15.8. The van der Waals surface area contributed by atoms with Crippen LogP contribution in [0.25, 0.3) is 11.0 Å². The van der Waals surface area contributed by atoms with Gasteiger partial charge >= 0.3 is 0 Å². The first-order chi connectivity index (χ1) is 11.2. The molecule has 0 spiro atoms. The van der Waals surface area contributed by atoms with E-state index >= 15 is 0 Å². The van der Waals surface area contributed by atoms with E-state index in [2.05, 4.69) is 20.2 Å². The minimum absolute atomic E-state index is 0.0482. The van der Waals surface area contributed by atoms with Crippen LogP contribution in [0.15, 0.2) is 24.4 Å². The van der Waals surface area contributed by atoms with Gasteiger partial charge < -0.3 is 10.2 Å². The quantitative estimate of drug-likeness (QED) is 0.940. The molecule has 2 fully saturated rings. The highest BCUT2D eigenvalue weighted by Crippen LogP contribution is 2.25. The Morgan fingerprint density at radius 3 is 2.96 bits per heavy atom. The fourth-order valence-corrected chi connectivity index (χ4v) is 3.24. The number of rotatable bonds is 3. The van der Waals surface area contributed by atoms with Crippen LogP contribution in [0.1, 0.15) is 25.7 Å². The summed E-state index contributed by atoms with van der Waals surface area (Å²) in [6, 6.07) is 5.94. The molecule has 0 radical (unpaired) electrons. The topological polar surface area (TPSA) is 58.1 Å². The predicted molar refractivity (Wildman–Crippen MR) is 90.6 cm³/mol. The first-order valence-electron chi connectivity index (χ1n) is 8.17. The van der Waals surface area contributed by atoms with Gasteiger partial charge in [0.15, 0.2) is 0 Å². The lowest BCUT2D eigenvalue weighted by molar-refractivity contribution is -0.125. The Morgan fingerprint density at radius 1 is 1.26 bits per heavy atom. The standard InChI is InChI=1S/C17H19ClN4O/c18-12-3-6-14-15(8-12)19-9-16(21-14)22-7-1-2-11(10-22)17(23)20-13-4-5-13/h3,6,8-9,11,13H,1-2,4-5,7,10H2,(H,20,23). The van der Waals surface area contributed by atoms with Gasteiger partial charge in [-0.1, -0.05) is 11.6 Å². The summed E-state index contributed by atoms with van der Waals surface area (Å²) in [6.45, 7) is 1.63. The Hall–Kier alpha value is -1.88. The number of hydrogen-bond donors (Lipinski definition) is 1. The highest BCUT2D eigenvalue weighted by molar-refractivity contribution is 6.31. The van der Waals surface area contributed by atoms with Gasteiger partial charge in [-0.2, -0.15) is 0 Å². The van der Waals surface area contributed by atoms with E-state index in [1.165, 1.54) is 0 Å². The zero-order valence-corrected chi connectivity index (χ0v) is 13.6. The van der Waals surface area contributed by atoms with Crippen molar-refractivity contribution in [2.24, 2.45) is 5.92 Å². The van der Waals surface area contributed by atoms with Crippen molar-refractivity contribution in [2.75, 3.05) is 18.0 Å². The number of aromatic nitrogens is 2. The normalized spacial score (nSPS) is 21.4. The molecule has 4 rings (SSSR count). The van der Waals surface area contributed by atoms with Crippen LogP contribution in [0.3, 0.4) is 0 Å². The molecular weight excluding hydrogens is 312 g/mol. The summed E-state index contributed by atoms with van der Waals surface area (Å²) in [5.41, 5.74) is 1.62. The minimum Gasteiger partial charge on any atom is -0.355 e. The SMILES string of the molecule is O=C(NC1CC1)C1CCCN(c2cnc3cc(Cl)ccc3n2)C1. The summed E-state index contributed by atoms with van der Waals surface area (Å²) >= 11 is 5.99. The molecule has 1 unspecified atom stereocenters. The number of hydrogen-bond acceptors (Lipinski definition) is 4. The third-order valence-electron chi connectivity index (χ3n) is 4.53. The average Bonchev–Trinajstić information content (AvgIpc) is 3.38. The Balaban J connectivity index is 1.52. The van der Waals surface area contributed by atoms with Crippen molar-refractivity contribution in [2.45, 2.75) is 31.7 Å². The summed E-state index contributed by atoms with van der Waals surface area (Å²) in [4.78, 5) is 23.6. The summed E-state index contributed by atoms with van der Waals surface area (Å²) < 4.78 is 0. The van der Waals surface area contributed by atoms with Crippen molar-refractivity contribution < 1.29 is 4.79 Å². The van der Waals surface area contributed by atoms with Crippen LogP contribution in [0.2, 0.25) is 5.02 Å². The number of carbonyl (C=O) groups excluding carboxylic acids is 1. The van der Waals surface area contributed by atoms with Crippen LogP contribution in [0, 0.1) is 5.92 Å². The number of benzene rings is 1. The number of piperidine rings is 1. The second kappa shape index (κ2) is 5.96. The maximum Gasteiger partial charge on any atom is 0.225 e. The van der Waals surface area contributed by atoms with Crippen LogP contribution >= 0.6 is 11.6 Å². The number of carbonyl (C=O) groups is 1. The van der Waals surface area contributed by atoms with Gasteiger partial charge in [0, 0.05) is 24.2 Å². The lowest BCUT2D eigenvalue weighted by Gasteiger charge is -2.32. The van der Waals surface area contributed by atoms with E-state index in [9.17, 15) is 4.79 Å². The van der Waals surface area contributed by atoms with Crippen molar-refractivity contribution in [3.05, 3.63) is 29.4 Å². The van der Waals surface area contributed by atoms with Gasteiger partial charge in [0.1, 0.15) is 5.82 Å². The van der Waals surface area contributed by atoms with Gasteiger partial charge in [-0.05, 0) is 43.9 Å². The lowest BCUT2D eigenvalue weighted by atomic mass is 9.97. The second-order valence-corrected chi connectivity index (χ2v) is 6.87. The first-order valence-corrected chi connectivity index (χ1v) is 8.54. The third kappa shape index (κ3) is 3.24. The van der Waals surface area contributed by atoms with Crippen LogP contribution < -0.4 is 10.2 Å². The minimum atomic E-state index is 0.0482. The van der Waals surface area contributed by atoms with Crippen molar-refractivity contribution in [1.82, 2.24) is 15.3 Å². The molecule has 1 N–H and O–H groups in total. The number of anilines is 1. The van der Waals surface area contributed by atoms with E-state index in [0.717, 1.165) is 49.1 Å². The molecule has 1 aromatic heterocycles. The molecule has 2 aliphatic rings. The van der Waals surface area contributed by atoms with Crippen molar-refractivity contribution in [3.63, 3.8) is 0 Å². The fraction of sp³-hybridized carbons (Fsp3) is 0.471. The van der Waals surface area contributed by atoms with E-state index in [-0.39, 0.29) is 11.8 Å². The predicted octanol–water partition coefficient (Wildman–Crippen LogP) is 2.78. The molecule has 1 aliphatic carbocycles. The maximum atomic E-state index is 12.3. The molecule has 23 heavy (non-hydrogen) atoms. The van der Waals surface area contributed by atoms with Crippen LogP contribution in [0.4, 0.5) is 5.82 Å². The summed E-state index contributed by atoms with van der Waals surface area (Å²) in [5, 5.41) is 3.78. The highest BCUT2D eigenvalue weighted by atomic mass is 35.5. The van der Waals surface area contributed by atoms with Crippen LogP contribution in [0.5, 0.6) is 0 Å². The third-order valence-corrected chi connectivity index (χ3v) is 4.77. The smallest absolute Gasteiger partial charge is 0.225 e. The van der Waals surface area contributed by atoms with Gasteiger partial charge in [0.2, 0.25) is 5.91 Å². The molecule has 5 nitrogen and oxygen atoms in total. The molecule has 1 atom stereocenters. The fourth-order valence-electron chi connectivity index (χ4n) is 3.07. The number of fused-ring (bicyclic) bond motifs is 1. The molecule has 1 aliphatic heterocycles. The number of nitrogens with one attached hydrogen (secondary N) is 1. The summed E-state index contributed by atoms with van der Waals surface area (Å²) in [6.07, 6.45) is 5.98. The van der Waals surface area contributed by atoms with Crippen molar-refractivity contribution in [1.29, 1.82) is 0 Å². The Kier molecular flexibility index (Phi) is 3.81. The van der Waals surface area contributed by atoms with E-state index in [1.54, 1.807) is 6.20 Å². The molecule has 1 amide bonds. The molecule has 1 saturated heterocycles. The number of halogens is 1. The molecule has 120 valence electrons. The number of nitrogens with zero attached hydrogens (tertiary/aromatic N) is 3. The van der Waals surface area contributed by atoms with E-state index in [4.69, 9.17) is 11.6 Å². The Labute approximate surface area is 140 Å². The van der Waals surface area contributed by atoms with Crippen molar-refractivity contribution in [3.8, 4) is 0 Å². The lowest BCUT2D eigenvalue weighted by Crippen LogP contribution is -2.44. The zero-order valence-electron chi connectivity index (χ0n) is 12.8. The average molecular weight is 331 g/mol. The monoisotopic (exact) mass is 330 g/mol. The molecule has 1 aromatic carbocycles. The largest absolute Gasteiger partial charge is 0.355 e. The Morgan fingerprint density at radius 2 is 2.13 bits per heavy atom. The first kappa shape index (κ1) is 14.7. The molecular formula is C17H19ClN4O. The number of amides is 1. The second-order valence-electron chi connectivity index (χ2n) is 6.43. The van der Waals surface area contributed by atoms with Gasteiger partial charge in [-0.25, -0.2) is 4.98 Å². The van der Waals surface area contributed by atoms with Crippen LogP contribution in [-0.2, 0) is 4.79 Å². The summed E-state index contributed by atoms with van der Waals surface area (Å²) in [7, 11) is 0. The Bertz CT molecular complexity index is 746. The molecule has 2 heterocycles. The maximum absolute atomic E-state index is 12.3. The molecule has 2 aromatic rings. The van der Waals surface area contributed by atoms with Crippen LogP contribution in [-0.4, -0.2) is 35.0 Å². The van der Waals surface area contributed by atoms with Crippen molar-refractivity contribution >= 4 is 34.4 Å². The van der Waals surface area contributed by atoms with E-state index < -0.39 is 0 Å². The van der Waals surface area contributed by atoms with Gasteiger partial charge in [-0.15, -0.1) is 0 Å². The van der Waals surface area contributed by atoms with Gasteiger partial charge in [-0.3, -0.25) is 9.78 Å². The molecule has 0 bridgehead atoms. The van der Waals surface area contributed by atoms with E-state index in [1.807, 2.05) is 18.2 Å². The van der Waals surface area contributed by atoms with Gasteiger partial charge in [0.25, 0.3) is 0 Å². The van der Waals surface area contributed by atoms with Gasteiger partial charge in [0.05, 0.1) is 23.1 Å².